The molecule has 0 aliphatic heterocycles. The topological polar surface area (TPSA) is 63.4 Å². The van der Waals surface area contributed by atoms with Gasteiger partial charge in [-0.1, -0.05) is 171 Å². The Hall–Kier alpha value is -1.92. The quantitative estimate of drug-likeness (QED) is 0.181. The molecule has 2 N–H and O–H groups in total. The highest BCUT2D eigenvalue weighted by molar-refractivity contribution is 7.96. The third-order valence-electron chi connectivity index (χ3n) is 7.98. The van der Waals surface area contributed by atoms with E-state index < -0.39 is 5.24 Å². The lowest BCUT2D eigenvalue weighted by Crippen LogP contribution is -2.46. The molecule has 6 heteroatoms. The first-order valence-electron chi connectivity index (χ1n) is 16.5. The summed E-state index contributed by atoms with van der Waals surface area (Å²) >= 11 is 7.21. The van der Waals surface area contributed by atoms with E-state index in [0.717, 1.165) is 0 Å². The zero-order valence-corrected chi connectivity index (χ0v) is 28.2. The molecule has 0 heterocycles. The molecule has 0 aromatic heterocycles. The molecule has 2 saturated carbocycles. The first-order chi connectivity index (χ1) is 20.4. The van der Waals surface area contributed by atoms with E-state index >= 15 is 0 Å². The van der Waals surface area contributed by atoms with Gasteiger partial charge in [0.1, 0.15) is 0 Å². The average molecular weight is 631 g/mol. The molecule has 4 rings (SSSR count). The predicted octanol–water partition coefficient (Wildman–Crippen LogP) is 11.5. The van der Waals surface area contributed by atoms with Crippen molar-refractivity contribution in [2.75, 3.05) is 0 Å². The van der Waals surface area contributed by atoms with E-state index in [4.69, 9.17) is 4.79 Å². The number of carbonyl (C=O) groups excluding carboxylic acids is 2. The van der Waals surface area contributed by atoms with Crippen LogP contribution < -0.4 is 5.73 Å². The van der Waals surface area contributed by atoms with Gasteiger partial charge < -0.3 is 10.6 Å². The summed E-state index contributed by atoms with van der Waals surface area (Å²) in [5.41, 5.74) is 7.28. The Balaban J connectivity index is 0.000000586. The van der Waals surface area contributed by atoms with Gasteiger partial charge in [-0.15, -0.1) is 0 Å². The molecule has 2 aliphatic carbocycles. The van der Waals surface area contributed by atoms with E-state index in [1.807, 2.05) is 0 Å². The fourth-order valence-electron chi connectivity index (χ4n) is 5.78. The van der Waals surface area contributed by atoms with Crippen LogP contribution in [0.15, 0.2) is 60.7 Å². The summed E-state index contributed by atoms with van der Waals surface area (Å²) in [6, 6.07) is 22.4. The summed E-state index contributed by atoms with van der Waals surface area (Å²) in [4.78, 5) is 22.9. The Bertz CT molecular complexity index is 847. The summed E-state index contributed by atoms with van der Waals surface area (Å²) in [6.07, 6.45) is 23.1. The number of hydrogen-bond donors (Lipinski definition) is 3. The van der Waals surface area contributed by atoms with E-state index in [9.17, 15) is 4.79 Å². The number of aryl methyl sites for hydroxylation is 2. The second-order valence-electron chi connectivity index (χ2n) is 11.5. The van der Waals surface area contributed by atoms with Gasteiger partial charge in [-0.3, -0.25) is 9.59 Å². The Morgan fingerprint density at radius 2 is 0.977 bits per heavy atom. The number of thiol groups is 2. The minimum atomic E-state index is -0.639. The fraction of sp³-hybridized carbons (Fsp3) is 0.622. The van der Waals surface area contributed by atoms with Crippen LogP contribution in [0.4, 0.5) is 9.59 Å². The maximum atomic E-state index is 11.7. The minimum Gasteiger partial charge on any atom is -0.361 e. The van der Waals surface area contributed by atoms with Gasteiger partial charge in [-0.25, -0.2) is 0 Å². The van der Waals surface area contributed by atoms with Crippen molar-refractivity contribution in [1.29, 1.82) is 0 Å². The molecule has 2 aromatic carbocycles. The van der Waals surface area contributed by atoms with E-state index in [0.29, 0.717) is 12.1 Å². The third-order valence-corrected chi connectivity index (χ3v) is 8.21. The Morgan fingerprint density at radius 1 is 0.651 bits per heavy atom. The zero-order valence-electron chi connectivity index (χ0n) is 26.4. The van der Waals surface area contributed by atoms with Crippen molar-refractivity contribution in [2.24, 2.45) is 5.73 Å². The molecule has 2 aromatic rings. The highest BCUT2D eigenvalue weighted by Crippen LogP contribution is 2.31. The third kappa shape index (κ3) is 21.4. The van der Waals surface area contributed by atoms with Crippen LogP contribution in [0, 0.1) is 0 Å². The highest BCUT2D eigenvalue weighted by atomic mass is 32.1. The predicted molar refractivity (Wildman–Crippen MR) is 195 cm³/mol. The lowest BCUT2D eigenvalue weighted by atomic mass is 9.89. The van der Waals surface area contributed by atoms with Crippen LogP contribution in [0.2, 0.25) is 0 Å². The highest BCUT2D eigenvalue weighted by Gasteiger charge is 2.30. The number of unbranched alkanes of at least 4 members (excludes halogenated alkanes) is 4. The lowest BCUT2D eigenvalue weighted by molar-refractivity contribution is 0.122. The summed E-state index contributed by atoms with van der Waals surface area (Å²) in [5, 5.41) is -0.626. The van der Waals surface area contributed by atoms with Crippen LogP contribution in [0.1, 0.15) is 135 Å². The van der Waals surface area contributed by atoms with E-state index in [1.165, 1.54) is 127 Å². The van der Waals surface area contributed by atoms with Gasteiger partial charge in [-0.2, -0.15) is 0 Å². The van der Waals surface area contributed by atoms with Gasteiger partial charge in [0.2, 0.25) is 0 Å². The van der Waals surface area contributed by atoms with Gasteiger partial charge in [0, 0.05) is 12.1 Å². The van der Waals surface area contributed by atoms with Gasteiger partial charge in [0.05, 0.1) is 0 Å². The summed E-state index contributed by atoms with van der Waals surface area (Å²) in [7, 11) is 0. The monoisotopic (exact) mass is 630 g/mol. The van der Waals surface area contributed by atoms with Crippen molar-refractivity contribution in [3.8, 4) is 0 Å². The largest absolute Gasteiger partial charge is 0.361 e. The number of benzene rings is 2. The molecule has 244 valence electrons. The number of nitrogens with two attached hydrogens (primary N) is 1. The van der Waals surface area contributed by atoms with Gasteiger partial charge in [0.25, 0.3) is 10.5 Å². The first-order valence-corrected chi connectivity index (χ1v) is 17.4. The Kier molecular flexibility index (Phi) is 26.4. The molecule has 2 amide bonds. The molecule has 0 atom stereocenters. The molecule has 2 aliphatic rings. The smallest absolute Gasteiger partial charge is 0.279 e. The summed E-state index contributed by atoms with van der Waals surface area (Å²) in [6.45, 7) is 4.48. The van der Waals surface area contributed by atoms with Crippen LogP contribution in [0.25, 0.3) is 0 Å². The number of hydrogen-bond acceptors (Lipinski definition) is 2. The number of rotatable bonds is 10. The zero-order chi connectivity index (χ0) is 30.8. The van der Waals surface area contributed by atoms with Crippen LogP contribution in [-0.4, -0.2) is 27.5 Å². The maximum absolute atomic E-state index is 11.7. The normalized spacial score (nSPS) is 14.7. The molecule has 0 radical (unpaired) electrons. The maximum Gasteiger partial charge on any atom is 0.279 e. The molecule has 43 heavy (non-hydrogen) atoms. The molecule has 0 unspecified atom stereocenters. The molecule has 2 fully saturated rings. The van der Waals surface area contributed by atoms with Crippen molar-refractivity contribution in [1.82, 2.24) is 4.90 Å². The standard InChI is InChI=1S/C13H23NOS.2C11H16.CH3NOS.CH4/c15-13(16)14(11-7-3-1-4-8-11)12-9-5-2-6-10-12;2*1-2-3-5-8-11-9-6-4-7-10-11;2-1(3)4;/h11-12H,1-10H2,(H,15,16);2*4,6-7,9-10H,2-3,5,8H2,1H3;(H3,2,3,4);1H4. The number of amides is 2. The van der Waals surface area contributed by atoms with Gasteiger partial charge >= 0.3 is 0 Å². The average Bonchev–Trinajstić information content (AvgIpc) is 3.00. The number of nitrogens with zero attached hydrogens (tertiary/aromatic N) is 1. The molecule has 0 bridgehead atoms. The lowest BCUT2D eigenvalue weighted by Gasteiger charge is -2.40. The number of primary amides is 1. The second-order valence-corrected chi connectivity index (χ2v) is 12.3. The first kappa shape index (κ1) is 41.1. The second kappa shape index (κ2) is 27.6. The van der Waals surface area contributed by atoms with Crippen molar-refractivity contribution in [3.63, 3.8) is 0 Å². The minimum absolute atomic E-state index is 0. The fourth-order valence-corrected chi connectivity index (χ4v) is 6.10. The SMILES string of the molecule is C.CCCCCc1ccccc1.CCCCCc1ccccc1.NC(=O)S.O=C(S)N(C1CCCCC1)C1CCCCC1. The van der Waals surface area contributed by atoms with E-state index in [1.54, 1.807) is 0 Å². The van der Waals surface area contributed by atoms with E-state index in [2.05, 4.69) is 110 Å². The number of carbonyl (C=O) groups is 2. The molecule has 4 nitrogen and oxygen atoms in total. The van der Waals surface area contributed by atoms with Gasteiger partial charge in [-0.05, 0) is 62.5 Å². The van der Waals surface area contributed by atoms with E-state index in [-0.39, 0.29) is 12.7 Å². The van der Waals surface area contributed by atoms with Crippen molar-refractivity contribution in [3.05, 3.63) is 71.8 Å². The van der Waals surface area contributed by atoms with Crippen LogP contribution in [-0.2, 0) is 12.8 Å². The Labute approximate surface area is 275 Å². The van der Waals surface area contributed by atoms with Crippen LogP contribution >= 0.6 is 25.3 Å². The molecule has 0 spiro atoms. The molecular formula is C37H62N2O2S2. The van der Waals surface area contributed by atoms with Crippen molar-refractivity contribution in [2.45, 2.75) is 149 Å². The summed E-state index contributed by atoms with van der Waals surface area (Å²) < 4.78 is 0. The van der Waals surface area contributed by atoms with Crippen LogP contribution in [0.5, 0.6) is 0 Å². The Morgan fingerprint density at radius 3 is 1.26 bits per heavy atom. The van der Waals surface area contributed by atoms with Crippen molar-refractivity contribution >= 4 is 35.7 Å². The summed E-state index contributed by atoms with van der Waals surface area (Å²) in [5.74, 6) is 0. The molecule has 0 saturated heterocycles. The van der Waals surface area contributed by atoms with Crippen LogP contribution in [0.3, 0.4) is 0 Å². The van der Waals surface area contributed by atoms with Gasteiger partial charge in [0.15, 0.2) is 0 Å². The van der Waals surface area contributed by atoms with Crippen molar-refractivity contribution < 1.29 is 9.59 Å². The molecular weight excluding hydrogens is 569 g/mol.